The molecule has 0 saturated carbocycles. The Morgan fingerprint density at radius 2 is 2.17 bits per heavy atom. The number of fused-ring (bicyclic) bond motifs is 1. The lowest BCUT2D eigenvalue weighted by molar-refractivity contribution is 0.839. The van der Waals surface area contributed by atoms with Crippen molar-refractivity contribution >= 4 is 11.2 Å². The Bertz CT molecular complexity index is 532. The third-order valence-corrected chi connectivity index (χ3v) is 1.60. The number of aromatic nitrogens is 4. The number of hydrogen-bond acceptors (Lipinski definition) is 3. The SMILES string of the molecule is Cn1cnc2[nH]c(=O)[nH]c2c1=O. The summed E-state index contributed by atoms with van der Waals surface area (Å²) in [5.74, 6) is 0. The molecule has 2 N–H and O–H groups in total. The lowest BCUT2D eigenvalue weighted by atomic mass is 10.5. The molecule has 0 bridgehead atoms. The molecule has 0 saturated heterocycles. The molecular weight excluding hydrogens is 160 g/mol. The third-order valence-electron chi connectivity index (χ3n) is 1.60. The van der Waals surface area contributed by atoms with Crippen molar-refractivity contribution in [3.8, 4) is 0 Å². The fourth-order valence-corrected chi connectivity index (χ4v) is 0.999. The molecule has 2 aromatic rings. The van der Waals surface area contributed by atoms with Crippen LogP contribution < -0.4 is 11.2 Å². The van der Waals surface area contributed by atoms with Gasteiger partial charge in [0.2, 0.25) is 0 Å². The highest BCUT2D eigenvalue weighted by Gasteiger charge is 2.03. The van der Waals surface area contributed by atoms with Crippen molar-refractivity contribution in [3.05, 3.63) is 27.2 Å². The van der Waals surface area contributed by atoms with E-state index in [4.69, 9.17) is 0 Å². The van der Waals surface area contributed by atoms with Crippen LogP contribution in [0.15, 0.2) is 15.9 Å². The smallest absolute Gasteiger partial charge is 0.300 e. The maximum Gasteiger partial charge on any atom is 0.325 e. The van der Waals surface area contributed by atoms with Gasteiger partial charge in [-0.2, -0.15) is 0 Å². The van der Waals surface area contributed by atoms with Gasteiger partial charge in [0.05, 0.1) is 6.33 Å². The molecule has 6 heteroatoms. The van der Waals surface area contributed by atoms with Crippen molar-refractivity contribution in [1.29, 1.82) is 0 Å². The summed E-state index contributed by atoms with van der Waals surface area (Å²) in [6.07, 6.45) is 1.36. The van der Waals surface area contributed by atoms with Gasteiger partial charge in [0.25, 0.3) is 5.56 Å². The van der Waals surface area contributed by atoms with Crippen molar-refractivity contribution in [1.82, 2.24) is 19.5 Å². The van der Waals surface area contributed by atoms with E-state index in [1.165, 1.54) is 10.9 Å². The highest BCUT2D eigenvalue weighted by Crippen LogP contribution is 1.92. The molecule has 0 amide bonds. The van der Waals surface area contributed by atoms with Crippen molar-refractivity contribution < 1.29 is 0 Å². The average Bonchev–Trinajstić information content (AvgIpc) is 2.39. The van der Waals surface area contributed by atoms with E-state index in [9.17, 15) is 9.59 Å². The molecule has 0 aliphatic rings. The first-order valence-electron chi connectivity index (χ1n) is 3.32. The Labute approximate surface area is 65.9 Å². The Kier molecular flexibility index (Phi) is 1.18. The predicted molar refractivity (Wildman–Crippen MR) is 42.0 cm³/mol. The van der Waals surface area contributed by atoms with E-state index < -0.39 is 5.69 Å². The highest BCUT2D eigenvalue weighted by atomic mass is 16.1. The van der Waals surface area contributed by atoms with E-state index in [-0.39, 0.29) is 11.1 Å². The lowest BCUT2D eigenvalue weighted by Crippen LogP contribution is -2.17. The Hall–Kier alpha value is -1.85. The molecule has 0 unspecified atom stereocenters. The minimum absolute atomic E-state index is 0.213. The summed E-state index contributed by atoms with van der Waals surface area (Å²) in [7, 11) is 1.57. The van der Waals surface area contributed by atoms with E-state index in [1.807, 2.05) is 0 Å². The van der Waals surface area contributed by atoms with Crippen LogP contribution in [0.4, 0.5) is 0 Å². The number of nitrogens with zero attached hydrogens (tertiary/aromatic N) is 2. The molecule has 0 aromatic carbocycles. The van der Waals surface area contributed by atoms with Crippen molar-refractivity contribution in [2.45, 2.75) is 0 Å². The van der Waals surface area contributed by atoms with Crippen LogP contribution in [-0.2, 0) is 7.05 Å². The molecule has 0 radical (unpaired) electrons. The van der Waals surface area contributed by atoms with Gasteiger partial charge in [-0.1, -0.05) is 0 Å². The normalized spacial score (nSPS) is 10.8. The van der Waals surface area contributed by atoms with Crippen molar-refractivity contribution in [2.24, 2.45) is 7.05 Å². The molecule has 6 nitrogen and oxygen atoms in total. The quantitative estimate of drug-likeness (QED) is 0.523. The first-order valence-corrected chi connectivity index (χ1v) is 3.32. The Morgan fingerprint density at radius 3 is 2.92 bits per heavy atom. The summed E-state index contributed by atoms with van der Waals surface area (Å²) in [6.45, 7) is 0. The van der Waals surface area contributed by atoms with Gasteiger partial charge >= 0.3 is 5.69 Å². The number of H-pyrrole nitrogens is 2. The van der Waals surface area contributed by atoms with Crippen LogP contribution in [0.1, 0.15) is 0 Å². The molecule has 0 aliphatic heterocycles. The zero-order valence-corrected chi connectivity index (χ0v) is 6.29. The molecule has 0 aliphatic carbocycles. The second kappa shape index (κ2) is 2.07. The monoisotopic (exact) mass is 166 g/mol. The van der Waals surface area contributed by atoms with Gasteiger partial charge in [0.1, 0.15) is 0 Å². The third kappa shape index (κ3) is 0.777. The lowest BCUT2D eigenvalue weighted by Gasteiger charge is -1.92. The second-order valence-corrected chi connectivity index (χ2v) is 2.46. The van der Waals surface area contributed by atoms with Crippen molar-refractivity contribution in [2.75, 3.05) is 0 Å². The number of hydrogen-bond donors (Lipinski definition) is 2. The van der Waals surface area contributed by atoms with E-state index in [0.717, 1.165) is 0 Å². The van der Waals surface area contributed by atoms with Gasteiger partial charge in [0.15, 0.2) is 11.2 Å². The summed E-state index contributed by atoms with van der Waals surface area (Å²) in [5, 5.41) is 0. The van der Waals surface area contributed by atoms with Crippen molar-refractivity contribution in [3.63, 3.8) is 0 Å². The topological polar surface area (TPSA) is 83.5 Å². The van der Waals surface area contributed by atoms with Gasteiger partial charge in [-0.15, -0.1) is 0 Å². The zero-order valence-electron chi connectivity index (χ0n) is 6.29. The zero-order chi connectivity index (χ0) is 8.72. The predicted octanol–water partition coefficient (Wildman–Crippen LogP) is -1.05. The standard InChI is InChI=1S/C6H6N4O2/c1-10-2-7-4-3(5(10)11)8-6(12)9-4/h2H,1H3,(H2,8,9,12). The van der Waals surface area contributed by atoms with Crippen LogP contribution in [0.25, 0.3) is 11.2 Å². The molecule has 2 aromatic heterocycles. The number of nitrogens with one attached hydrogen (secondary N) is 2. The van der Waals surface area contributed by atoms with E-state index >= 15 is 0 Å². The number of aryl methyl sites for hydroxylation is 1. The molecule has 2 heterocycles. The molecule has 62 valence electrons. The van der Waals surface area contributed by atoms with E-state index in [2.05, 4.69) is 15.0 Å². The van der Waals surface area contributed by atoms with Gasteiger partial charge in [-0.05, 0) is 0 Å². The molecule has 12 heavy (non-hydrogen) atoms. The minimum Gasteiger partial charge on any atom is -0.300 e. The molecule has 0 spiro atoms. The molecule has 2 rings (SSSR count). The maximum atomic E-state index is 11.3. The maximum absolute atomic E-state index is 11.3. The van der Waals surface area contributed by atoms with E-state index in [1.54, 1.807) is 7.05 Å². The van der Waals surface area contributed by atoms with Crippen LogP contribution in [-0.4, -0.2) is 19.5 Å². The fraction of sp³-hybridized carbons (Fsp3) is 0.167. The van der Waals surface area contributed by atoms with Crippen LogP contribution in [0.2, 0.25) is 0 Å². The van der Waals surface area contributed by atoms with E-state index in [0.29, 0.717) is 5.65 Å². The van der Waals surface area contributed by atoms with Crippen LogP contribution in [0.3, 0.4) is 0 Å². The first kappa shape index (κ1) is 6.84. The summed E-state index contributed by atoms with van der Waals surface area (Å²) in [4.78, 5) is 30.6. The Balaban J connectivity index is 3.10. The Morgan fingerprint density at radius 1 is 1.42 bits per heavy atom. The second-order valence-electron chi connectivity index (χ2n) is 2.46. The molecular formula is C6H6N4O2. The number of imidazole rings is 1. The summed E-state index contributed by atoms with van der Waals surface area (Å²) < 4.78 is 1.30. The molecule has 0 atom stereocenters. The van der Waals surface area contributed by atoms with Crippen LogP contribution >= 0.6 is 0 Å². The van der Waals surface area contributed by atoms with Crippen LogP contribution in [0, 0.1) is 0 Å². The summed E-state index contributed by atoms with van der Waals surface area (Å²) in [5.41, 5.74) is -0.174. The first-order chi connectivity index (χ1) is 5.68. The highest BCUT2D eigenvalue weighted by molar-refractivity contribution is 5.67. The number of aromatic amines is 2. The summed E-state index contributed by atoms with van der Waals surface area (Å²) in [6, 6.07) is 0. The summed E-state index contributed by atoms with van der Waals surface area (Å²) >= 11 is 0. The molecule has 0 fully saturated rings. The average molecular weight is 166 g/mol. The van der Waals surface area contributed by atoms with Gasteiger partial charge in [-0.25, -0.2) is 9.78 Å². The largest absolute Gasteiger partial charge is 0.325 e. The fourth-order valence-electron chi connectivity index (χ4n) is 0.999. The van der Waals surface area contributed by atoms with Gasteiger partial charge in [0, 0.05) is 7.05 Å². The van der Waals surface area contributed by atoms with Gasteiger partial charge in [-0.3, -0.25) is 14.8 Å². The number of rotatable bonds is 0. The van der Waals surface area contributed by atoms with Gasteiger partial charge < -0.3 is 4.57 Å². The van der Waals surface area contributed by atoms with Crippen LogP contribution in [0.5, 0.6) is 0 Å². The minimum atomic E-state index is -0.416.